The molecule has 0 saturated carbocycles. The summed E-state index contributed by atoms with van der Waals surface area (Å²) in [4.78, 5) is 40.6. The van der Waals surface area contributed by atoms with Gasteiger partial charge in [0, 0.05) is 12.3 Å². The quantitative estimate of drug-likeness (QED) is 0.490. The first-order valence-electron chi connectivity index (χ1n) is 12.4. The van der Waals surface area contributed by atoms with Crippen molar-refractivity contribution in [3.63, 3.8) is 0 Å². The molecule has 0 radical (unpaired) electrons. The van der Waals surface area contributed by atoms with Gasteiger partial charge in [0.25, 0.3) is 0 Å². The molecule has 3 heterocycles. The second-order valence-electron chi connectivity index (χ2n) is 9.78. The Kier molecular flexibility index (Phi) is 7.34. The number of thiol groups is 1. The highest BCUT2D eigenvalue weighted by atomic mass is 32.1. The van der Waals surface area contributed by atoms with E-state index in [1.807, 2.05) is 29.0 Å². The van der Waals surface area contributed by atoms with Gasteiger partial charge >= 0.3 is 5.97 Å². The number of hydrogen-bond acceptors (Lipinski definition) is 5. The first kappa shape index (κ1) is 24.8. The SMILES string of the molecule is O=C(N[C@H]1Cc2ccc(C3C=CC=CC3)cc2[C@H]2CCC[C@@H](C(=O)O)N2C1=O)[C@@H](S)Cc1ccsc1. The Bertz CT molecular complexity index is 1210. The van der Waals surface area contributed by atoms with E-state index >= 15 is 0 Å². The van der Waals surface area contributed by atoms with E-state index in [2.05, 4.69) is 48.3 Å². The van der Waals surface area contributed by atoms with Crippen molar-refractivity contribution in [2.75, 3.05) is 0 Å². The van der Waals surface area contributed by atoms with Gasteiger partial charge in [0.15, 0.2) is 0 Å². The van der Waals surface area contributed by atoms with E-state index in [1.165, 1.54) is 4.90 Å². The molecule has 2 amide bonds. The molecule has 0 spiro atoms. The average molecular weight is 523 g/mol. The van der Waals surface area contributed by atoms with E-state index in [1.54, 1.807) is 11.3 Å². The molecule has 36 heavy (non-hydrogen) atoms. The maximum absolute atomic E-state index is 13.8. The molecule has 1 unspecified atom stereocenters. The number of nitrogens with one attached hydrogen (secondary N) is 1. The van der Waals surface area contributed by atoms with Crippen molar-refractivity contribution in [3.8, 4) is 0 Å². The highest BCUT2D eigenvalue weighted by Gasteiger charge is 2.45. The van der Waals surface area contributed by atoms with Crippen LogP contribution in [0.1, 0.15) is 59.9 Å². The summed E-state index contributed by atoms with van der Waals surface area (Å²) in [5.41, 5.74) is 4.17. The van der Waals surface area contributed by atoms with Crippen molar-refractivity contribution in [1.82, 2.24) is 10.2 Å². The number of hydrogen-bond donors (Lipinski definition) is 3. The van der Waals surface area contributed by atoms with Gasteiger partial charge in [-0.05, 0) is 71.2 Å². The number of allylic oxidation sites excluding steroid dienone is 4. The fourth-order valence-electron chi connectivity index (χ4n) is 5.62. The van der Waals surface area contributed by atoms with E-state index < -0.39 is 23.3 Å². The average Bonchev–Trinajstić information content (AvgIpc) is 3.37. The van der Waals surface area contributed by atoms with Gasteiger partial charge < -0.3 is 15.3 Å². The highest BCUT2D eigenvalue weighted by molar-refractivity contribution is 7.81. The molecule has 2 aliphatic heterocycles. The Morgan fingerprint density at radius 2 is 2.08 bits per heavy atom. The molecule has 5 atom stereocenters. The summed E-state index contributed by atoms with van der Waals surface area (Å²) in [7, 11) is 0. The molecule has 2 aromatic rings. The van der Waals surface area contributed by atoms with Gasteiger partial charge in [0.2, 0.25) is 11.8 Å². The molecule has 5 rings (SSSR count). The monoisotopic (exact) mass is 522 g/mol. The number of benzene rings is 1. The lowest BCUT2D eigenvalue weighted by molar-refractivity contribution is -0.156. The number of fused-ring (bicyclic) bond motifs is 3. The van der Waals surface area contributed by atoms with Crippen LogP contribution in [0.25, 0.3) is 0 Å². The minimum absolute atomic E-state index is 0.254. The van der Waals surface area contributed by atoms with Crippen LogP contribution in [0.4, 0.5) is 0 Å². The largest absolute Gasteiger partial charge is 0.480 e. The van der Waals surface area contributed by atoms with Crippen LogP contribution in [-0.2, 0) is 27.2 Å². The van der Waals surface area contributed by atoms with Crippen molar-refractivity contribution in [2.45, 2.75) is 67.8 Å². The van der Waals surface area contributed by atoms with E-state index in [4.69, 9.17) is 0 Å². The van der Waals surface area contributed by atoms with Crippen LogP contribution in [0.3, 0.4) is 0 Å². The van der Waals surface area contributed by atoms with Crippen LogP contribution in [0, 0.1) is 0 Å². The van der Waals surface area contributed by atoms with Crippen LogP contribution in [0.2, 0.25) is 0 Å². The topological polar surface area (TPSA) is 86.7 Å². The molecule has 0 bridgehead atoms. The predicted octanol–water partition coefficient (Wildman–Crippen LogP) is 4.44. The fourth-order valence-corrected chi connectivity index (χ4v) is 6.58. The number of carbonyl (C=O) groups is 3. The molecular formula is C28H30N2O4S2. The number of carbonyl (C=O) groups excluding carboxylic acids is 2. The normalized spacial score (nSPS) is 26.0. The summed E-state index contributed by atoms with van der Waals surface area (Å²) in [6.07, 6.45) is 12.0. The zero-order chi connectivity index (χ0) is 25.2. The zero-order valence-corrected chi connectivity index (χ0v) is 21.6. The minimum atomic E-state index is -0.998. The Hall–Kier alpha value is -2.84. The van der Waals surface area contributed by atoms with Crippen molar-refractivity contribution >= 4 is 41.7 Å². The van der Waals surface area contributed by atoms with Gasteiger partial charge in [-0.1, -0.05) is 42.5 Å². The van der Waals surface area contributed by atoms with E-state index in [0.717, 1.165) is 35.1 Å². The molecule has 8 heteroatoms. The van der Waals surface area contributed by atoms with E-state index in [9.17, 15) is 19.5 Å². The van der Waals surface area contributed by atoms with Crippen molar-refractivity contribution in [3.05, 3.63) is 81.6 Å². The van der Waals surface area contributed by atoms with Crippen LogP contribution in [-0.4, -0.2) is 45.1 Å². The smallest absolute Gasteiger partial charge is 0.326 e. The lowest BCUT2D eigenvalue weighted by Gasteiger charge is -2.41. The maximum Gasteiger partial charge on any atom is 0.326 e. The summed E-state index contributed by atoms with van der Waals surface area (Å²) in [6.45, 7) is 0. The summed E-state index contributed by atoms with van der Waals surface area (Å²) in [5, 5.41) is 16.2. The predicted molar refractivity (Wildman–Crippen MR) is 143 cm³/mol. The molecular weight excluding hydrogens is 492 g/mol. The number of amides is 2. The van der Waals surface area contributed by atoms with E-state index in [-0.39, 0.29) is 23.8 Å². The second-order valence-corrected chi connectivity index (χ2v) is 11.2. The molecule has 1 aromatic heterocycles. The number of carboxylic acid groups (broad SMARTS) is 1. The summed E-state index contributed by atoms with van der Waals surface area (Å²) in [5.74, 6) is -1.39. The minimum Gasteiger partial charge on any atom is -0.480 e. The first-order chi connectivity index (χ1) is 17.4. The van der Waals surface area contributed by atoms with Gasteiger partial charge in [-0.2, -0.15) is 24.0 Å². The number of thiophene rings is 1. The molecule has 2 N–H and O–H groups in total. The van der Waals surface area contributed by atoms with Gasteiger partial charge in [-0.25, -0.2) is 4.79 Å². The molecule has 1 aliphatic carbocycles. The number of carboxylic acids is 1. The van der Waals surface area contributed by atoms with Crippen molar-refractivity contribution in [1.29, 1.82) is 0 Å². The lowest BCUT2D eigenvalue weighted by Crippen LogP contribution is -2.56. The van der Waals surface area contributed by atoms with Crippen LogP contribution in [0.5, 0.6) is 0 Å². The Labute approximate surface area is 220 Å². The lowest BCUT2D eigenvalue weighted by atomic mass is 9.85. The Balaban J connectivity index is 1.46. The maximum atomic E-state index is 13.8. The molecule has 188 valence electrons. The van der Waals surface area contributed by atoms with Gasteiger partial charge in [0.05, 0.1) is 11.3 Å². The zero-order valence-electron chi connectivity index (χ0n) is 19.9. The number of aliphatic carboxylic acids is 1. The number of rotatable bonds is 6. The third kappa shape index (κ3) is 5.02. The third-order valence-electron chi connectivity index (χ3n) is 7.45. The first-order valence-corrected chi connectivity index (χ1v) is 13.9. The van der Waals surface area contributed by atoms with E-state index in [0.29, 0.717) is 25.7 Å². The fraction of sp³-hybridized carbons (Fsp3) is 0.393. The molecule has 3 aliphatic rings. The van der Waals surface area contributed by atoms with Crippen LogP contribution in [0.15, 0.2) is 59.3 Å². The van der Waals surface area contributed by atoms with Crippen LogP contribution < -0.4 is 5.32 Å². The van der Waals surface area contributed by atoms with Crippen molar-refractivity contribution < 1.29 is 19.5 Å². The second kappa shape index (κ2) is 10.6. The molecule has 1 aromatic carbocycles. The van der Waals surface area contributed by atoms with Gasteiger partial charge in [-0.3, -0.25) is 9.59 Å². The third-order valence-corrected chi connectivity index (χ3v) is 8.60. The summed E-state index contributed by atoms with van der Waals surface area (Å²) < 4.78 is 0. The van der Waals surface area contributed by atoms with Crippen molar-refractivity contribution in [2.24, 2.45) is 0 Å². The standard InChI is InChI=1S/C28H30N2O4S2/c31-26(25(35)13-17-11-12-36-16-17)29-22-15-20-10-9-19(18-5-2-1-3-6-18)14-21(20)23-7-4-8-24(28(33)34)30(23)27(22)32/h1-3,5,9-12,14,16,18,22-25,35H,4,6-8,13,15H2,(H,29,31)(H,33,34)/t18?,22-,23+,24-,25-/m0/s1. The number of piperidine rings is 1. The van der Waals surface area contributed by atoms with Gasteiger partial charge in [0.1, 0.15) is 12.1 Å². The molecule has 1 fully saturated rings. The summed E-state index contributed by atoms with van der Waals surface area (Å²) in [6, 6.07) is 6.22. The van der Waals surface area contributed by atoms with Crippen LogP contribution >= 0.6 is 24.0 Å². The highest BCUT2D eigenvalue weighted by Crippen LogP contribution is 2.41. The molecule has 1 saturated heterocycles. The Morgan fingerprint density at radius 3 is 2.81 bits per heavy atom. The number of nitrogens with zero attached hydrogens (tertiary/aromatic N) is 1. The molecule has 6 nitrogen and oxygen atoms in total. The van der Waals surface area contributed by atoms with Gasteiger partial charge in [-0.15, -0.1) is 0 Å². The Morgan fingerprint density at radius 1 is 1.22 bits per heavy atom. The summed E-state index contributed by atoms with van der Waals surface area (Å²) >= 11 is 6.06.